The molecular weight excluding hydrogens is 303 g/mol. The number of benzene rings is 2. The second kappa shape index (κ2) is 5.89. The second-order valence-corrected chi connectivity index (χ2v) is 5.50. The first kappa shape index (κ1) is 14.7. The van der Waals surface area contributed by atoms with E-state index >= 15 is 0 Å². The number of rotatable bonds is 3. The van der Waals surface area contributed by atoms with Gasteiger partial charge in [0, 0.05) is 10.9 Å². The maximum absolute atomic E-state index is 13.1. The molecule has 0 aliphatic rings. The fourth-order valence-electron chi connectivity index (χ4n) is 2.39. The molecular formula is C17H14ClFN2O. The minimum Gasteiger partial charge on any atom is -0.267 e. The van der Waals surface area contributed by atoms with Crippen LogP contribution in [0.25, 0.3) is 22.0 Å². The summed E-state index contributed by atoms with van der Waals surface area (Å²) in [6.45, 7) is 1.89. The van der Waals surface area contributed by atoms with E-state index in [1.807, 2.05) is 19.1 Å². The number of fused-ring (bicyclic) bond motifs is 1. The quantitative estimate of drug-likeness (QED) is 0.673. The summed E-state index contributed by atoms with van der Waals surface area (Å²) < 4.78 is 14.4. The van der Waals surface area contributed by atoms with Gasteiger partial charge in [0.05, 0.1) is 11.1 Å². The zero-order valence-electron chi connectivity index (χ0n) is 12.0. The van der Waals surface area contributed by atoms with Crippen LogP contribution in [0.15, 0.2) is 53.3 Å². The molecule has 3 aromatic rings. The monoisotopic (exact) mass is 316 g/mol. The van der Waals surface area contributed by atoms with Crippen molar-refractivity contribution >= 4 is 22.4 Å². The molecule has 5 heteroatoms. The fraction of sp³-hybridized carbons (Fsp3) is 0.176. The van der Waals surface area contributed by atoms with Crippen molar-refractivity contribution in [2.45, 2.75) is 18.8 Å². The van der Waals surface area contributed by atoms with Gasteiger partial charge in [0.25, 0.3) is 5.56 Å². The lowest BCUT2D eigenvalue weighted by molar-refractivity contribution is 0.551. The van der Waals surface area contributed by atoms with Gasteiger partial charge >= 0.3 is 0 Å². The zero-order chi connectivity index (χ0) is 15.7. The normalized spacial score (nSPS) is 12.5. The molecule has 0 N–H and O–H groups in total. The summed E-state index contributed by atoms with van der Waals surface area (Å²) in [5, 5.41) is 5.70. The third-order valence-electron chi connectivity index (χ3n) is 3.55. The number of halogens is 2. The molecule has 0 aliphatic carbocycles. The summed E-state index contributed by atoms with van der Waals surface area (Å²) in [6.07, 6.45) is 0.579. The Bertz CT molecular complexity index is 874. The Morgan fingerprint density at radius 3 is 2.41 bits per heavy atom. The Hall–Kier alpha value is -2.20. The minimum atomic E-state index is -0.517. The van der Waals surface area contributed by atoms with Crippen LogP contribution in [0.3, 0.4) is 0 Å². The van der Waals surface area contributed by atoms with Crippen LogP contribution in [0, 0.1) is 5.82 Å². The summed E-state index contributed by atoms with van der Waals surface area (Å²) in [6, 6.07) is 13.3. The third-order valence-corrected chi connectivity index (χ3v) is 4.04. The average Bonchev–Trinajstić information content (AvgIpc) is 2.56. The van der Waals surface area contributed by atoms with Crippen LogP contribution in [0.2, 0.25) is 0 Å². The molecule has 0 aliphatic heterocycles. The molecule has 0 spiro atoms. The van der Waals surface area contributed by atoms with Gasteiger partial charge in [0.2, 0.25) is 0 Å². The van der Waals surface area contributed by atoms with Crippen molar-refractivity contribution < 1.29 is 4.39 Å². The Morgan fingerprint density at radius 1 is 1.14 bits per heavy atom. The summed E-state index contributed by atoms with van der Waals surface area (Å²) in [7, 11) is 0. The van der Waals surface area contributed by atoms with E-state index in [2.05, 4.69) is 5.10 Å². The van der Waals surface area contributed by atoms with Crippen LogP contribution in [0.1, 0.15) is 18.8 Å². The molecule has 2 aromatic carbocycles. The second-order valence-electron chi connectivity index (χ2n) is 4.99. The molecule has 3 nitrogen and oxygen atoms in total. The lowest BCUT2D eigenvalue weighted by Crippen LogP contribution is -2.25. The van der Waals surface area contributed by atoms with Gasteiger partial charge in [0.1, 0.15) is 11.3 Å². The van der Waals surface area contributed by atoms with E-state index in [1.54, 1.807) is 24.3 Å². The molecule has 0 saturated heterocycles. The van der Waals surface area contributed by atoms with Crippen LogP contribution in [0.4, 0.5) is 4.39 Å². The van der Waals surface area contributed by atoms with Crippen LogP contribution in [-0.2, 0) is 0 Å². The SMILES string of the molecule is CCC(Cl)n1nc(-c2ccc(F)cc2)c2ccccc2c1=O. The van der Waals surface area contributed by atoms with E-state index in [-0.39, 0.29) is 11.4 Å². The number of nitrogens with zero attached hydrogens (tertiary/aromatic N) is 2. The topological polar surface area (TPSA) is 34.9 Å². The van der Waals surface area contributed by atoms with Crippen molar-refractivity contribution in [3.05, 3.63) is 64.7 Å². The zero-order valence-corrected chi connectivity index (χ0v) is 12.7. The van der Waals surface area contributed by atoms with Crippen molar-refractivity contribution in [1.29, 1.82) is 0 Å². The number of aromatic nitrogens is 2. The first-order valence-electron chi connectivity index (χ1n) is 7.03. The van der Waals surface area contributed by atoms with Crippen molar-refractivity contribution in [2.24, 2.45) is 0 Å². The minimum absolute atomic E-state index is 0.219. The van der Waals surface area contributed by atoms with E-state index in [4.69, 9.17) is 11.6 Å². The van der Waals surface area contributed by atoms with E-state index in [0.717, 1.165) is 10.9 Å². The van der Waals surface area contributed by atoms with Crippen LogP contribution in [0.5, 0.6) is 0 Å². The molecule has 3 rings (SSSR count). The third kappa shape index (κ3) is 2.50. The van der Waals surface area contributed by atoms with Gasteiger partial charge in [-0.1, -0.05) is 36.7 Å². The lowest BCUT2D eigenvalue weighted by atomic mass is 10.1. The number of alkyl halides is 1. The van der Waals surface area contributed by atoms with E-state index in [1.165, 1.54) is 16.8 Å². The molecule has 1 aromatic heterocycles. The molecule has 22 heavy (non-hydrogen) atoms. The fourth-order valence-corrected chi connectivity index (χ4v) is 2.52. The smallest absolute Gasteiger partial charge is 0.267 e. The highest BCUT2D eigenvalue weighted by Gasteiger charge is 2.15. The van der Waals surface area contributed by atoms with Gasteiger partial charge in [-0.2, -0.15) is 5.10 Å². The van der Waals surface area contributed by atoms with E-state index in [9.17, 15) is 9.18 Å². The maximum atomic E-state index is 13.1. The standard InChI is InChI=1S/C17H14ClFN2O/c1-2-15(18)21-17(22)14-6-4-3-5-13(14)16(20-21)11-7-9-12(19)10-8-11/h3-10,15H,2H2,1H3. The Kier molecular flexibility index (Phi) is 3.94. The lowest BCUT2D eigenvalue weighted by Gasteiger charge is -2.14. The largest absolute Gasteiger partial charge is 0.276 e. The Morgan fingerprint density at radius 2 is 1.77 bits per heavy atom. The molecule has 0 amide bonds. The van der Waals surface area contributed by atoms with E-state index < -0.39 is 5.50 Å². The van der Waals surface area contributed by atoms with Gasteiger partial charge in [-0.05, 0) is 36.8 Å². The Balaban J connectivity index is 2.35. The summed E-state index contributed by atoms with van der Waals surface area (Å²) in [4.78, 5) is 12.5. The first-order valence-corrected chi connectivity index (χ1v) is 7.47. The predicted molar refractivity (Wildman–Crippen MR) is 86.6 cm³/mol. The highest BCUT2D eigenvalue weighted by atomic mass is 35.5. The molecule has 0 saturated carbocycles. The van der Waals surface area contributed by atoms with Gasteiger partial charge in [-0.25, -0.2) is 9.07 Å². The van der Waals surface area contributed by atoms with Gasteiger partial charge < -0.3 is 0 Å². The highest BCUT2D eigenvalue weighted by molar-refractivity contribution is 6.19. The van der Waals surface area contributed by atoms with Crippen LogP contribution in [-0.4, -0.2) is 9.78 Å². The van der Waals surface area contributed by atoms with Crippen molar-refractivity contribution in [1.82, 2.24) is 9.78 Å². The molecule has 112 valence electrons. The van der Waals surface area contributed by atoms with Crippen LogP contribution < -0.4 is 5.56 Å². The summed E-state index contributed by atoms with van der Waals surface area (Å²) in [5.41, 5.74) is 0.625. The first-order chi connectivity index (χ1) is 10.6. The van der Waals surface area contributed by atoms with Gasteiger partial charge in [0.15, 0.2) is 0 Å². The Labute approximate surface area is 132 Å². The molecule has 0 radical (unpaired) electrons. The predicted octanol–water partition coefficient (Wildman–Crippen LogP) is 4.35. The maximum Gasteiger partial charge on any atom is 0.276 e. The van der Waals surface area contributed by atoms with Gasteiger partial charge in [-0.3, -0.25) is 4.79 Å². The van der Waals surface area contributed by atoms with Crippen molar-refractivity contribution in [3.63, 3.8) is 0 Å². The number of hydrogen-bond donors (Lipinski definition) is 0. The van der Waals surface area contributed by atoms with Crippen LogP contribution >= 0.6 is 11.6 Å². The average molecular weight is 317 g/mol. The molecule has 1 heterocycles. The summed E-state index contributed by atoms with van der Waals surface area (Å²) in [5.74, 6) is -0.315. The van der Waals surface area contributed by atoms with E-state index in [0.29, 0.717) is 17.5 Å². The highest BCUT2D eigenvalue weighted by Crippen LogP contribution is 2.26. The van der Waals surface area contributed by atoms with Gasteiger partial charge in [-0.15, -0.1) is 0 Å². The molecule has 0 bridgehead atoms. The number of hydrogen-bond acceptors (Lipinski definition) is 2. The molecule has 1 unspecified atom stereocenters. The van der Waals surface area contributed by atoms with Crippen molar-refractivity contribution in [3.8, 4) is 11.3 Å². The molecule has 0 fully saturated rings. The summed E-state index contributed by atoms with van der Waals surface area (Å²) >= 11 is 6.22. The van der Waals surface area contributed by atoms with Crippen molar-refractivity contribution in [2.75, 3.05) is 0 Å². The molecule has 1 atom stereocenters.